The van der Waals surface area contributed by atoms with Gasteiger partial charge in [0.25, 0.3) is 0 Å². The van der Waals surface area contributed by atoms with E-state index in [1.165, 1.54) is 6.07 Å². The molecule has 1 aliphatic heterocycles. The van der Waals surface area contributed by atoms with Gasteiger partial charge in [0, 0.05) is 38.0 Å². The Morgan fingerprint density at radius 3 is 2.67 bits per heavy atom. The molecule has 0 radical (unpaired) electrons. The first-order chi connectivity index (χ1) is 12.8. The van der Waals surface area contributed by atoms with Crippen molar-refractivity contribution in [3.05, 3.63) is 35.4 Å². The van der Waals surface area contributed by atoms with E-state index in [1.807, 2.05) is 0 Å². The Balaban J connectivity index is 1.83. The number of hydrogen-bond donors (Lipinski definition) is 1. The number of aliphatic carboxylic acids is 1. The van der Waals surface area contributed by atoms with Crippen molar-refractivity contribution < 1.29 is 33.0 Å². The molecule has 1 aromatic carbocycles. The number of ketones is 1. The molecule has 1 saturated heterocycles. The number of carbonyl (C=O) groups is 3. The van der Waals surface area contributed by atoms with Crippen molar-refractivity contribution in [1.29, 1.82) is 0 Å². The van der Waals surface area contributed by atoms with Crippen LogP contribution in [0.15, 0.2) is 18.2 Å². The molecule has 1 atom stereocenters. The topological polar surface area (TPSA) is 87.2 Å². The Hall–Kier alpha value is -2.39. The summed E-state index contributed by atoms with van der Waals surface area (Å²) in [5.41, 5.74) is 0.0249. The van der Waals surface area contributed by atoms with Crippen molar-refractivity contribution in [2.75, 3.05) is 39.8 Å². The summed E-state index contributed by atoms with van der Waals surface area (Å²) in [6.45, 7) is 1.26. The molecule has 27 heavy (non-hydrogen) atoms. The smallest absolute Gasteiger partial charge is 0.317 e. The van der Waals surface area contributed by atoms with Crippen LogP contribution in [0.4, 0.5) is 8.78 Å². The lowest BCUT2D eigenvalue weighted by atomic mass is 10.1. The standard InChI is InChI=1S/C18H22F2N2O5/c1-21(11-18(25)26)9-13-10-22(6-7-27-13)17(24)5-4-16(23)12-2-3-14(19)15(20)8-12/h2-3,8,13H,4-7,9-11H2,1H3,(H,25,26). The summed E-state index contributed by atoms with van der Waals surface area (Å²) >= 11 is 0. The van der Waals surface area contributed by atoms with Crippen LogP contribution in [0.1, 0.15) is 23.2 Å². The second kappa shape index (κ2) is 9.52. The quantitative estimate of drug-likeness (QED) is 0.677. The number of likely N-dealkylation sites (N-methyl/N-ethyl adjacent to an activating group) is 1. The molecule has 148 valence electrons. The second-order valence-electron chi connectivity index (χ2n) is 6.48. The summed E-state index contributed by atoms with van der Waals surface area (Å²) in [6, 6.07) is 2.89. The maximum absolute atomic E-state index is 13.2. The lowest BCUT2D eigenvalue weighted by Crippen LogP contribution is -2.49. The van der Waals surface area contributed by atoms with Crippen LogP contribution in [0.5, 0.6) is 0 Å². The number of nitrogens with zero attached hydrogens (tertiary/aromatic N) is 2. The van der Waals surface area contributed by atoms with Gasteiger partial charge in [-0.1, -0.05) is 0 Å². The van der Waals surface area contributed by atoms with Crippen LogP contribution < -0.4 is 0 Å². The zero-order valence-electron chi connectivity index (χ0n) is 15.0. The summed E-state index contributed by atoms with van der Waals surface area (Å²) < 4.78 is 31.7. The van der Waals surface area contributed by atoms with E-state index in [1.54, 1.807) is 16.8 Å². The second-order valence-corrected chi connectivity index (χ2v) is 6.48. The number of hydrogen-bond acceptors (Lipinski definition) is 5. The molecule has 0 saturated carbocycles. The van der Waals surface area contributed by atoms with Gasteiger partial charge >= 0.3 is 5.97 Å². The zero-order valence-corrected chi connectivity index (χ0v) is 15.0. The molecule has 9 heteroatoms. The first kappa shape index (κ1) is 20.9. The number of halogens is 2. The van der Waals surface area contributed by atoms with E-state index in [0.29, 0.717) is 26.2 Å². The largest absolute Gasteiger partial charge is 0.480 e. The maximum atomic E-state index is 13.2. The molecule has 0 spiro atoms. The Morgan fingerprint density at radius 1 is 1.26 bits per heavy atom. The Bertz CT molecular complexity index is 713. The number of Topliss-reactive ketones (excluding diaryl/α,β-unsaturated/α-hetero) is 1. The maximum Gasteiger partial charge on any atom is 0.317 e. The van der Waals surface area contributed by atoms with Gasteiger partial charge in [0.05, 0.1) is 19.3 Å². The molecule has 1 N–H and O–H groups in total. The number of carbonyl (C=O) groups excluding carboxylic acids is 2. The molecule has 0 aromatic heterocycles. The van der Waals surface area contributed by atoms with Crippen LogP contribution in [0, 0.1) is 11.6 Å². The van der Waals surface area contributed by atoms with Gasteiger partial charge in [0.1, 0.15) is 0 Å². The number of rotatable bonds is 8. The van der Waals surface area contributed by atoms with Gasteiger partial charge in [-0.15, -0.1) is 0 Å². The fraction of sp³-hybridized carbons (Fsp3) is 0.500. The molecular formula is C18H22F2N2O5. The fourth-order valence-corrected chi connectivity index (χ4v) is 2.89. The zero-order chi connectivity index (χ0) is 20.0. The molecule has 0 bridgehead atoms. The average molecular weight is 384 g/mol. The van der Waals surface area contributed by atoms with Gasteiger partial charge in [0.2, 0.25) is 5.91 Å². The Morgan fingerprint density at radius 2 is 2.00 bits per heavy atom. The summed E-state index contributed by atoms with van der Waals surface area (Å²) in [6.07, 6.45) is -0.464. The van der Waals surface area contributed by atoms with Crippen molar-refractivity contribution in [2.45, 2.75) is 18.9 Å². The van der Waals surface area contributed by atoms with E-state index in [0.717, 1.165) is 12.1 Å². The van der Waals surface area contributed by atoms with Crippen LogP contribution >= 0.6 is 0 Å². The normalized spacial score (nSPS) is 17.2. The average Bonchev–Trinajstić information content (AvgIpc) is 2.61. The highest BCUT2D eigenvalue weighted by Crippen LogP contribution is 2.13. The molecule has 1 heterocycles. The Labute approximate surface area is 155 Å². The van der Waals surface area contributed by atoms with Crippen molar-refractivity contribution in [3.63, 3.8) is 0 Å². The summed E-state index contributed by atoms with van der Waals surface area (Å²) in [7, 11) is 1.65. The van der Waals surface area contributed by atoms with Crippen molar-refractivity contribution in [3.8, 4) is 0 Å². The van der Waals surface area contributed by atoms with Gasteiger partial charge in [-0.2, -0.15) is 0 Å². The number of ether oxygens (including phenoxy) is 1. The van der Waals surface area contributed by atoms with Gasteiger partial charge < -0.3 is 14.7 Å². The highest BCUT2D eigenvalue weighted by molar-refractivity contribution is 5.97. The molecule has 1 unspecified atom stereocenters. The van der Waals surface area contributed by atoms with Crippen LogP contribution in [0.2, 0.25) is 0 Å². The fourth-order valence-electron chi connectivity index (χ4n) is 2.89. The Kier molecular flexibility index (Phi) is 7.37. The van der Waals surface area contributed by atoms with E-state index < -0.39 is 23.4 Å². The summed E-state index contributed by atoms with van der Waals surface area (Å²) in [5, 5.41) is 8.78. The molecule has 7 nitrogen and oxygen atoms in total. The number of carboxylic acids is 1. The van der Waals surface area contributed by atoms with Crippen LogP contribution in [0.3, 0.4) is 0 Å². The predicted octanol–water partition coefficient (Wildman–Crippen LogP) is 1.17. The molecule has 1 amide bonds. The monoisotopic (exact) mass is 384 g/mol. The highest BCUT2D eigenvalue weighted by Gasteiger charge is 2.26. The highest BCUT2D eigenvalue weighted by atomic mass is 19.2. The van der Waals surface area contributed by atoms with Crippen molar-refractivity contribution >= 4 is 17.7 Å². The molecule has 0 aliphatic carbocycles. The van der Waals surface area contributed by atoms with Gasteiger partial charge in [0.15, 0.2) is 17.4 Å². The molecule has 1 aromatic rings. The van der Waals surface area contributed by atoms with E-state index in [-0.39, 0.29) is 37.0 Å². The first-order valence-electron chi connectivity index (χ1n) is 8.54. The van der Waals surface area contributed by atoms with E-state index in [2.05, 4.69) is 0 Å². The minimum absolute atomic E-state index is 0.0249. The third-order valence-corrected chi connectivity index (χ3v) is 4.22. The van der Waals surface area contributed by atoms with Crippen LogP contribution in [-0.2, 0) is 14.3 Å². The molecular weight excluding hydrogens is 362 g/mol. The molecule has 1 fully saturated rings. The lowest BCUT2D eigenvalue weighted by Gasteiger charge is -2.34. The summed E-state index contributed by atoms with van der Waals surface area (Å²) in [5.74, 6) is -3.76. The SMILES string of the molecule is CN(CC(=O)O)CC1CN(C(=O)CCC(=O)c2ccc(F)c(F)c2)CCO1. The summed E-state index contributed by atoms with van der Waals surface area (Å²) in [4.78, 5) is 38.3. The molecule has 2 rings (SSSR count). The van der Waals surface area contributed by atoms with Gasteiger partial charge in [-0.25, -0.2) is 8.78 Å². The third-order valence-electron chi connectivity index (χ3n) is 4.22. The minimum Gasteiger partial charge on any atom is -0.480 e. The van der Waals surface area contributed by atoms with E-state index in [9.17, 15) is 23.2 Å². The number of amides is 1. The lowest BCUT2D eigenvalue weighted by molar-refractivity contribution is -0.142. The minimum atomic E-state index is -1.10. The first-order valence-corrected chi connectivity index (χ1v) is 8.54. The number of morpholine rings is 1. The van der Waals surface area contributed by atoms with Crippen molar-refractivity contribution in [2.24, 2.45) is 0 Å². The van der Waals surface area contributed by atoms with Gasteiger partial charge in [-0.05, 0) is 25.2 Å². The number of carboxylic acid groups (broad SMARTS) is 1. The van der Waals surface area contributed by atoms with Crippen LogP contribution in [0.25, 0.3) is 0 Å². The van der Waals surface area contributed by atoms with Gasteiger partial charge in [-0.3, -0.25) is 19.3 Å². The van der Waals surface area contributed by atoms with Crippen molar-refractivity contribution in [1.82, 2.24) is 9.80 Å². The predicted molar refractivity (Wildman–Crippen MR) is 91.4 cm³/mol. The van der Waals surface area contributed by atoms with E-state index in [4.69, 9.17) is 9.84 Å². The van der Waals surface area contributed by atoms with Crippen LogP contribution in [-0.4, -0.2) is 78.5 Å². The molecule has 1 aliphatic rings. The van der Waals surface area contributed by atoms with E-state index >= 15 is 0 Å². The number of benzene rings is 1. The third kappa shape index (κ3) is 6.37.